The molecule has 0 saturated carbocycles. The van der Waals surface area contributed by atoms with Gasteiger partial charge in [0.05, 0.1) is 16.8 Å². The molecule has 0 atom stereocenters. The Kier molecular flexibility index (Phi) is 4.97. The number of nitrogens with one attached hydrogen (secondary N) is 3. The van der Waals surface area contributed by atoms with E-state index in [4.69, 9.17) is 4.74 Å². The van der Waals surface area contributed by atoms with Crippen molar-refractivity contribution in [2.45, 2.75) is 6.18 Å². The maximum atomic E-state index is 13.9. The van der Waals surface area contributed by atoms with Gasteiger partial charge in [-0.3, -0.25) is 4.79 Å². The fourth-order valence-electron chi connectivity index (χ4n) is 2.94. The minimum Gasteiger partial charge on any atom is -0.455 e. The zero-order valence-corrected chi connectivity index (χ0v) is 15.5. The number of para-hydroxylation sites is 1. The Hall–Kier alpha value is -4.08. The van der Waals surface area contributed by atoms with Crippen LogP contribution in [0.3, 0.4) is 0 Å². The average Bonchev–Trinajstić information content (AvgIpc) is 3.10. The fourth-order valence-corrected chi connectivity index (χ4v) is 2.94. The Morgan fingerprint density at radius 3 is 2.52 bits per heavy atom. The number of carbonyl (C=O) groups excluding carboxylic acids is 1. The highest BCUT2D eigenvalue weighted by Crippen LogP contribution is 2.32. The molecule has 10 heteroatoms. The van der Waals surface area contributed by atoms with Crippen molar-refractivity contribution in [2.24, 2.45) is 0 Å². The molecule has 1 heterocycles. The molecule has 3 N–H and O–H groups in total. The molecule has 0 saturated heterocycles. The number of fused-ring (bicyclic) bond motifs is 1. The maximum absolute atomic E-state index is 13.9. The van der Waals surface area contributed by atoms with Crippen LogP contribution in [0.4, 0.5) is 23.2 Å². The first-order valence-corrected chi connectivity index (χ1v) is 8.88. The summed E-state index contributed by atoms with van der Waals surface area (Å²) in [6.45, 7) is 0. The van der Waals surface area contributed by atoms with Crippen molar-refractivity contribution >= 4 is 22.6 Å². The van der Waals surface area contributed by atoms with Crippen LogP contribution < -0.4 is 15.7 Å². The van der Waals surface area contributed by atoms with Crippen molar-refractivity contribution in [1.29, 1.82) is 0 Å². The van der Waals surface area contributed by atoms with Crippen molar-refractivity contribution in [2.75, 3.05) is 5.32 Å². The topological polar surface area (TPSA) is 87.0 Å². The van der Waals surface area contributed by atoms with E-state index in [0.29, 0.717) is 35.0 Å². The number of aromatic amines is 2. The minimum absolute atomic E-state index is 0.0315. The number of carbonyl (C=O) groups is 1. The van der Waals surface area contributed by atoms with Crippen molar-refractivity contribution < 1.29 is 27.1 Å². The number of aromatic nitrogens is 2. The second-order valence-electron chi connectivity index (χ2n) is 6.53. The van der Waals surface area contributed by atoms with Gasteiger partial charge in [0.15, 0.2) is 5.75 Å². The Morgan fingerprint density at radius 2 is 1.74 bits per heavy atom. The first kappa shape index (κ1) is 20.2. The van der Waals surface area contributed by atoms with E-state index < -0.39 is 34.8 Å². The van der Waals surface area contributed by atoms with Gasteiger partial charge < -0.3 is 20.0 Å². The number of hydrogen-bond acceptors (Lipinski definition) is 3. The Bertz CT molecular complexity index is 1340. The normalized spacial score (nSPS) is 11.5. The van der Waals surface area contributed by atoms with Gasteiger partial charge in [0.25, 0.3) is 5.91 Å². The van der Waals surface area contributed by atoms with Crippen LogP contribution in [0.15, 0.2) is 65.5 Å². The number of imidazole rings is 1. The van der Waals surface area contributed by atoms with Crippen LogP contribution in [0.2, 0.25) is 0 Å². The van der Waals surface area contributed by atoms with Gasteiger partial charge in [-0.1, -0.05) is 12.1 Å². The number of H-pyrrole nitrogens is 2. The lowest BCUT2D eigenvalue weighted by molar-refractivity contribution is -0.137. The molecular weight excluding hydrogens is 418 g/mol. The van der Waals surface area contributed by atoms with Crippen molar-refractivity contribution in [3.63, 3.8) is 0 Å². The zero-order valence-electron chi connectivity index (χ0n) is 15.5. The van der Waals surface area contributed by atoms with Crippen molar-refractivity contribution in [3.05, 3.63) is 88.1 Å². The second-order valence-corrected chi connectivity index (χ2v) is 6.53. The summed E-state index contributed by atoms with van der Waals surface area (Å²) in [7, 11) is 0. The van der Waals surface area contributed by atoms with Crippen LogP contribution in [0, 0.1) is 5.82 Å². The molecule has 158 valence electrons. The lowest BCUT2D eigenvalue weighted by Crippen LogP contribution is -2.14. The Morgan fingerprint density at radius 1 is 0.968 bits per heavy atom. The van der Waals surface area contributed by atoms with Crippen LogP contribution in [-0.4, -0.2) is 15.9 Å². The van der Waals surface area contributed by atoms with Crippen LogP contribution in [0.1, 0.15) is 15.9 Å². The molecule has 0 aliphatic heterocycles. The smallest absolute Gasteiger partial charge is 0.416 e. The van der Waals surface area contributed by atoms with Gasteiger partial charge in [0, 0.05) is 5.56 Å². The fraction of sp³-hybridized carbons (Fsp3) is 0.0476. The van der Waals surface area contributed by atoms with E-state index in [9.17, 15) is 27.2 Å². The van der Waals surface area contributed by atoms with Gasteiger partial charge in [-0.2, -0.15) is 13.2 Å². The Balaban J connectivity index is 1.58. The molecule has 3 aromatic carbocycles. The molecule has 4 rings (SSSR count). The number of rotatable bonds is 4. The number of anilines is 1. The van der Waals surface area contributed by atoms with E-state index in [1.807, 2.05) is 0 Å². The second kappa shape index (κ2) is 7.63. The largest absolute Gasteiger partial charge is 0.455 e. The number of amides is 1. The van der Waals surface area contributed by atoms with Crippen LogP contribution in [-0.2, 0) is 6.18 Å². The van der Waals surface area contributed by atoms with Crippen LogP contribution >= 0.6 is 0 Å². The van der Waals surface area contributed by atoms with E-state index >= 15 is 0 Å². The molecule has 4 aromatic rings. The summed E-state index contributed by atoms with van der Waals surface area (Å²) < 4.78 is 58.2. The molecular formula is C21H13F4N3O3. The standard InChI is InChI=1S/C21H13F4N3O3/c22-14-8-7-12(21(23,24)25)10-16(14)26-19(29)11-3-1-4-13(9-11)31-17-6-2-5-15-18(17)28-20(30)27-15/h1-10H,(H,26,29)(H2,27,28,30). The summed E-state index contributed by atoms with van der Waals surface area (Å²) in [6.07, 6.45) is -4.68. The summed E-state index contributed by atoms with van der Waals surface area (Å²) in [5.41, 5.74) is -1.12. The summed E-state index contributed by atoms with van der Waals surface area (Å²) in [4.78, 5) is 29.2. The van der Waals surface area contributed by atoms with Crippen molar-refractivity contribution in [1.82, 2.24) is 9.97 Å². The summed E-state index contributed by atoms with van der Waals surface area (Å²) in [5, 5.41) is 2.14. The highest BCUT2D eigenvalue weighted by molar-refractivity contribution is 6.04. The maximum Gasteiger partial charge on any atom is 0.416 e. The molecule has 31 heavy (non-hydrogen) atoms. The van der Waals surface area contributed by atoms with Gasteiger partial charge in [-0.25, -0.2) is 9.18 Å². The quantitative estimate of drug-likeness (QED) is 0.395. The monoisotopic (exact) mass is 431 g/mol. The summed E-state index contributed by atoms with van der Waals surface area (Å²) in [5.74, 6) is -1.28. The number of ether oxygens (including phenoxy) is 1. The highest BCUT2D eigenvalue weighted by atomic mass is 19.4. The van der Waals surface area contributed by atoms with Crippen LogP contribution in [0.25, 0.3) is 11.0 Å². The number of hydrogen-bond donors (Lipinski definition) is 3. The first-order valence-electron chi connectivity index (χ1n) is 8.88. The third-order valence-corrected chi connectivity index (χ3v) is 4.38. The van der Waals surface area contributed by atoms with E-state index in [1.54, 1.807) is 24.3 Å². The number of benzene rings is 3. The Labute approximate surface area is 171 Å². The summed E-state index contributed by atoms with van der Waals surface area (Å²) in [6, 6.07) is 12.5. The molecule has 1 aromatic heterocycles. The molecule has 0 radical (unpaired) electrons. The van der Waals surface area contributed by atoms with E-state index in [2.05, 4.69) is 15.3 Å². The lowest BCUT2D eigenvalue weighted by Gasteiger charge is -2.12. The third-order valence-electron chi connectivity index (χ3n) is 4.38. The SMILES string of the molecule is O=C(Nc1cc(C(F)(F)F)ccc1F)c1cccc(Oc2cccc3[nH]c(=O)[nH]c23)c1. The van der Waals surface area contributed by atoms with Gasteiger partial charge >= 0.3 is 11.9 Å². The molecule has 0 aliphatic rings. The summed E-state index contributed by atoms with van der Waals surface area (Å²) >= 11 is 0. The van der Waals surface area contributed by atoms with Gasteiger partial charge in [-0.15, -0.1) is 0 Å². The van der Waals surface area contributed by atoms with Crippen LogP contribution in [0.5, 0.6) is 11.5 Å². The average molecular weight is 431 g/mol. The molecule has 0 bridgehead atoms. The molecule has 6 nitrogen and oxygen atoms in total. The molecule has 0 spiro atoms. The van der Waals surface area contributed by atoms with Gasteiger partial charge in [0.1, 0.15) is 17.1 Å². The van der Waals surface area contributed by atoms with Gasteiger partial charge in [0.2, 0.25) is 0 Å². The molecule has 0 unspecified atom stereocenters. The zero-order chi connectivity index (χ0) is 22.2. The van der Waals surface area contributed by atoms with E-state index in [1.165, 1.54) is 18.2 Å². The minimum atomic E-state index is -4.68. The first-order chi connectivity index (χ1) is 14.7. The predicted molar refractivity (Wildman–Crippen MR) is 105 cm³/mol. The highest BCUT2D eigenvalue weighted by Gasteiger charge is 2.31. The third kappa shape index (κ3) is 4.27. The molecule has 0 fully saturated rings. The predicted octanol–water partition coefficient (Wildman–Crippen LogP) is 5.06. The van der Waals surface area contributed by atoms with E-state index in [0.717, 1.165) is 0 Å². The number of halogens is 4. The molecule has 1 amide bonds. The number of alkyl halides is 3. The van der Waals surface area contributed by atoms with Gasteiger partial charge in [-0.05, 0) is 48.5 Å². The van der Waals surface area contributed by atoms with Crippen molar-refractivity contribution in [3.8, 4) is 11.5 Å². The lowest BCUT2D eigenvalue weighted by atomic mass is 10.1. The molecule has 0 aliphatic carbocycles. The van der Waals surface area contributed by atoms with E-state index in [-0.39, 0.29) is 11.3 Å².